The summed E-state index contributed by atoms with van der Waals surface area (Å²) in [5.41, 5.74) is 5.42. The second-order valence-corrected chi connectivity index (χ2v) is 5.20. The number of benzene rings is 2. The number of amides is 1. The summed E-state index contributed by atoms with van der Waals surface area (Å²) in [4.78, 5) is 11.5. The molecular formula is C19H20N2O2. The quantitative estimate of drug-likeness (QED) is 0.502. The van der Waals surface area contributed by atoms with Crippen molar-refractivity contribution < 1.29 is 9.53 Å². The van der Waals surface area contributed by atoms with Crippen LogP contribution < -0.4 is 10.2 Å². The number of carbonyl (C=O) groups excluding carboxylic acids is 1. The maximum Gasteiger partial charge on any atom is 0.277 e. The first-order valence-corrected chi connectivity index (χ1v) is 7.39. The minimum absolute atomic E-state index is 0.0595. The molecule has 23 heavy (non-hydrogen) atoms. The first-order valence-electron chi connectivity index (χ1n) is 7.39. The van der Waals surface area contributed by atoms with Crippen molar-refractivity contribution in [2.75, 3.05) is 6.61 Å². The van der Waals surface area contributed by atoms with Gasteiger partial charge in [-0.25, -0.2) is 5.43 Å². The Morgan fingerprint density at radius 1 is 1.00 bits per heavy atom. The highest BCUT2D eigenvalue weighted by molar-refractivity contribution is 5.83. The summed E-state index contributed by atoms with van der Waals surface area (Å²) in [5.74, 6) is 0.369. The van der Waals surface area contributed by atoms with Gasteiger partial charge in [0.1, 0.15) is 5.75 Å². The van der Waals surface area contributed by atoms with Gasteiger partial charge in [0.05, 0.1) is 0 Å². The number of nitrogens with zero attached hydrogens (tertiary/aromatic N) is 1. The minimum atomic E-state index is -0.278. The van der Waals surface area contributed by atoms with Gasteiger partial charge in [0, 0.05) is 5.71 Å². The van der Waals surface area contributed by atoms with Gasteiger partial charge in [-0.05, 0) is 37.1 Å². The summed E-state index contributed by atoms with van der Waals surface area (Å²) in [6.07, 6.45) is 4.08. The van der Waals surface area contributed by atoms with Gasteiger partial charge < -0.3 is 4.74 Å². The average molecular weight is 308 g/mol. The lowest BCUT2D eigenvalue weighted by Crippen LogP contribution is -2.25. The number of rotatable bonds is 6. The van der Waals surface area contributed by atoms with Crippen LogP contribution in [0, 0.1) is 0 Å². The second-order valence-electron chi connectivity index (χ2n) is 5.20. The molecule has 0 saturated heterocycles. The fourth-order valence-electron chi connectivity index (χ4n) is 1.79. The standard InChI is InChI=1S/C19H20N2O2/c1-15(2)20-21-19(22)14-23-18-12-10-17(11-13-18)9-8-16-6-4-3-5-7-16/h3-13H,14H2,1-2H3,(H,21,22)/b9-8+. The monoisotopic (exact) mass is 308 g/mol. The van der Waals surface area contributed by atoms with Gasteiger partial charge in [0.15, 0.2) is 6.61 Å². The lowest BCUT2D eigenvalue weighted by atomic mass is 10.1. The van der Waals surface area contributed by atoms with Crippen LogP contribution in [-0.4, -0.2) is 18.2 Å². The molecule has 1 N–H and O–H groups in total. The van der Waals surface area contributed by atoms with Crippen LogP contribution in [0.15, 0.2) is 59.7 Å². The molecule has 2 aromatic carbocycles. The van der Waals surface area contributed by atoms with Crippen molar-refractivity contribution in [3.8, 4) is 5.75 Å². The summed E-state index contributed by atoms with van der Waals surface area (Å²) in [5, 5.41) is 3.83. The van der Waals surface area contributed by atoms with E-state index >= 15 is 0 Å². The second kappa shape index (κ2) is 8.54. The Balaban J connectivity index is 1.86. The lowest BCUT2D eigenvalue weighted by molar-refractivity contribution is -0.123. The summed E-state index contributed by atoms with van der Waals surface area (Å²) in [6, 6.07) is 17.7. The third kappa shape index (κ3) is 6.18. The minimum Gasteiger partial charge on any atom is -0.484 e. The molecule has 0 radical (unpaired) electrons. The number of ether oxygens (including phenoxy) is 1. The fourth-order valence-corrected chi connectivity index (χ4v) is 1.79. The Labute approximate surface area is 136 Å². The van der Waals surface area contributed by atoms with Gasteiger partial charge in [0.25, 0.3) is 5.91 Å². The van der Waals surface area contributed by atoms with Gasteiger partial charge in [-0.2, -0.15) is 5.10 Å². The van der Waals surface area contributed by atoms with E-state index in [4.69, 9.17) is 4.74 Å². The Morgan fingerprint density at radius 2 is 1.61 bits per heavy atom. The maximum absolute atomic E-state index is 11.5. The summed E-state index contributed by atoms with van der Waals surface area (Å²) < 4.78 is 5.41. The predicted molar refractivity (Wildman–Crippen MR) is 94.2 cm³/mol. The molecule has 0 fully saturated rings. The molecule has 0 saturated carbocycles. The van der Waals surface area contributed by atoms with Gasteiger partial charge in [-0.15, -0.1) is 0 Å². The molecular weight excluding hydrogens is 288 g/mol. The first-order chi connectivity index (χ1) is 11.1. The number of nitrogens with one attached hydrogen (secondary N) is 1. The molecule has 0 spiro atoms. The highest BCUT2D eigenvalue weighted by atomic mass is 16.5. The van der Waals surface area contributed by atoms with Gasteiger partial charge in [-0.3, -0.25) is 4.79 Å². The normalized spacial score (nSPS) is 10.3. The lowest BCUT2D eigenvalue weighted by Gasteiger charge is -2.05. The van der Waals surface area contributed by atoms with Crippen LogP contribution in [0.3, 0.4) is 0 Å². The third-order valence-corrected chi connectivity index (χ3v) is 2.92. The Bertz CT molecular complexity index is 685. The third-order valence-electron chi connectivity index (χ3n) is 2.92. The smallest absolute Gasteiger partial charge is 0.277 e. The van der Waals surface area contributed by atoms with Crippen molar-refractivity contribution in [1.82, 2.24) is 5.43 Å². The number of hydrogen-bond donors (Lipinski definition) is 1. The zero-order valence-electron chi connectivity index (χ0n) is 13.3. The van der Waals surface area contributed by atoms with Crippen LogP contribution in [0.25, 0.3) is 12.2 Å². The highest BCUT2D eigenvalue weighted by Crippen LogP contribution is 2.14. The molecule has 118 valence electrons. The van der Waals surface area contributed by atoms with Crippen LogP contribution in [0.5, 0.6) is 5.75 Å². The molecule has 0 bridgehead atoms. The molecule has 0 aliphatic rings. The molecule has 1 amide bonds. The largest absolute Gasteiger partial charge is 0.484 e. The van der Waals surface area contributed by atoms with E-state index in [1.165, 1.54) is 0 Å². The number of carbonyl (C=O) groups is 1. The first kappa shape index (κ1) is 16.5. The Kier molecular flexibility index (Phi) is 6.12. The van der Waals surface area contributed by atoms with E-state index in [2.05, 4.69) is 10.5 Å². The molecule has 0 aliphatic heterocycles. The average Bonchev–Trinajstić information content (AvgIpc) is 2.58. The highest BCUT2D eigenvalue weighted by Gasteiger charge is 2.01. The van der Waals surface area contributed by atoms with Crippen molar-refractivity contribution in [1.29, 1.82) is 0 Å². The maximum atomic E-state index is 11.5. The van der Waals surface area contributed by atoms with E-state index in [9.17, 15) is 4.79 Å². The van der Waals surface area contributed by atoms with Crippen LogP contribution in [-0.2, 0) is 4.79 Å². The van der Waals surface area contributed by atoms with E-state index in [1.54, 1.807) is 0 Å². The van der Waals surface area contributed by atoms with Crippen LogP contribution >= 0.6 is 0 Å². The van der Waals surface area contributed by atoms with Crippen molar-refractivity contribution in [3.05, 3.63) is 65.7 Å². The van der Waals surface area contributed by atoms with E-state index in [0.717, 1.165) is 16.8 Å². The molecule has 4 nitrogen and oxygen atoms in total. The van der Waals surface area contributed by atoms with Gasteiger partial charge in [-0.1, -0.05) is 54.6 Å². The number of hydrogen-bond acceptors (Lipinski definition) is 3. The molecule has 2 aromatic rings. The molecule has 0 aromatic heterocycles. The fraction of sp³-hybridized carbons (Fsp3) is 0.158. The van der Waals surface area contributed by atoms with E-state index in [0.29, 0.717) is 5.75 Å². The molecule has 2 rings (SSSR count). The molecule has 4 heteroatoms. The molecule has 0 atom stereocenters. The van der Waals surface area contributed by atoms with Gasteiger partial charge >= 0.3 is 0 Å². The summed E-state index contributed by atoms with van der Waals surface area (Å²) >= 11 is 0. The van der Waals surface area contributed by atoms with E-state index < -0.39 is 0 Å². The molecule has 0 heterocycles. The SMILES string of the molecule is CC(C)=NNC(=O)COc1ccc(/C=C/c2ccccc2)cc1. The van der Waals surface area contributed by atoms with Crippen LogP contribution in [0.2, 0.25) is 0 Å². The van der Waals surface area contributed by atoms with Crippen molar-refractivity contribution in [2.45, 2.75) is 13.8 Å². The molecule has 0 unspecified atom stereocenters. The van der Waals surface area contributed by atoms with Crippen LogP contribution in [0.4, 0.5) is 0 Å². The van der Waals surface area contributed by atoms with Crippen LogP contribution in [0.1, 0.15) is 25.0 Å². The molecule has 0 aliphatic carbocycles. The zero-order valence-corrected chi connectivity index (χ0v) is 13.3. The Hall–Kier alpha value is -2.88. The zero-order chi connectivity index (χ0) is 16.5. The van der Waals surface area contributed by atoms with E-state index in [-0.39, 0.29) is 12.5 Å². The predicted octanol–water partition coefficient (Wildman–Crippen LogP) is 3.75. The summed E-state index contributed by atoms with van der Waals surface area (Å²) in [7, 11) is 0. The Morgan fingerprint density at radius 3 is 2.22 bits per heavy atom. The van der Waals surface area contributed by atoms with Crippen molar-refractivity contribution in [2.24, 2.45) is 5.10 Å². The number of hydrazone groups is 1. The van der Waals surface area contributed by atoms with E-state index in [1.807, 2.05) is 80.6 Å². The van der Waals surface area contributed by atoms with Crippen molar-refractivity contribution >= 4 is 23.8 Å². The summed E-state index contributed by atoms with van der Waals surface area (Å²) in [6.45, 7) is 3.56. The topological polar surface area (TPSA) is 50.7 Å². The van der Waals surface area contributed by atoms with Gasteiger partial charge in [0.2, 0.25) is 0 Å². The van der Waals surface area contributed by atoms with Crippen molar-refractivity contribution in [3.63, 3.8) is 0 Å².